The number of anilines is 1. The number of benzene rings is 1. The summed E-state index contributed by atoms with van der Waals surface area (Å²) in [6, 6.07) is 6.82. The van der Waals surface area contributed by atoms with Crippen LogP contribution in [0.2, 0.25) is 0 Å². The van der Waals surface area contributed by atoms with Crippen LogP contribution >= 0.6 is 0 Å². The van der Waals surface area contributed by atoms with Crippen LogP contribution in [0, 0.1) is 0 Å². The zero-order valence-corrected chi connectivity index (χ0v) is 12.2. The SMILES string of the molecule is C=C(C)NCCN(C)c1cc(CC)ccc1CC. The molecule has 0 unspecified atom stereocenters. The molecule has 0 aromatic heterocycles. The molecule has 0 amide bonds. The largest absolute Gasteiger partial charge is 0.387 e. The summed E-state index contributed by atoms with van der Waals surface area (Å²) in [4.78, 5) is 2.33. The Morgan fingerprint density at radius 2 is 2.00 bits per heavy atom. The smallest absolute Gasteiger partial charge is 0.0399 e. The molecule has 0 atom stereocenters. The van der Waals surface area contributed by atoms with E-state index in [1.54, 1.807) is 0 Å². The molecular formula is C16H26N2. The molecule has 0 bridgehead atoms. The van der Waals surface area contributed by atoms with Crippen molar-refractivity contribution >= 4 is 5.69 Å². The van der Waals surface area contributed by atoms with Gasteiger partial charge in [0.25, 0.3) is 0 Å². The fraction of sp³-hybridized carbons (Fsp3) is 0.500. The second kappa shape index (κ2) is 7.10. The quantitative estimate of drug-likeness (QED) is 0.793. The third-order valence-electron chi connectivity index (χ3n) is 3.22. The van der Waals surface area contributed by atoms with Gasteiger partial charge in [0.15, 0.2) is 0 Å². The van der Waals surface area contributed by atoms with Crippen LogP contribution in [0.3, 0.4) is 0 Å². The predicted molar refractivity (Wildman–Crippen MR) is 81.3 cm³/mol. The topological polar surface area (TPSA) is 15.3 Å². The molecule has 0 aliphatic heterocycles. The molecule has 0 saturated carbocycles. The lowest BCUT2D eigenvalue weighted by molar-refractivity contribution is 0.765. The van der Waals surface area contributed by atoms with E-state index in [1.807, 2.05) is 6.92 Å². The molecule has 0 aliphatic rings. The first-order valence-corrected chi connectivity index (χ1v) is 6.80. The van der Waals surface area contributed by atoms with Crippen LogP contribution in [-0.2, 0) is 12.8 Å². The highest BCUT2D eigenvalue weighted by atomic mass is 15.1. The first-order chi connectivity index (χ1) is 8.58. The number of nitrogens with zero attached hydrogens (tertiary/aromatic N) is 1. The maximum atomic E-state index is 3.86. The summed E-state index contributed by atoms with van der Waals surface area (Å²) in [6.45, 7) is 12.2. The summed E-state index contributed by atoms with van der Waals surface area (Å²) in [5.41, 5.74) is 5.22. The molecule has 2 nitrogen and oxygen atoms in total. The lowest BCUT2D eigenvalue weighted by atomic mass is 10.0. The molecule has 0 spiro atoms. The van der Waals surface area contributed by atoms with Crippen LogP contribution in [0.4, 0.5) is 5.69 Å². The van der Waals surface area contributed by atoms with Crippen molar-refractivity contribution in [1.29, 1.82) is 0 Å². The van der Waals surface area contributed by atoms with E-state index in [0.717, 1.165) is 31.6 Å². The Morgan fingerprint density at radius 3 is 2.56 bits per heavy atom. The molecule has 0 radical (unpaired) electrons. The molecule has 1 rings (SSSR count). The summed E-state index contributed by atoms with van der Waals surface area (Å²) >= 11 is 0. The summed E-state index contributed by atoms with van der Waals surface area (Å²) in [5.74, 6) is 0. The minimum Gasteiger partial charge on any atom is -0.387 e. The lowest BCUT2D eigenvalue weighted by Crippen LogP contribution is -2.28. The van der Waals surface area contributed by atoms with Crippen molar-refractivity contribution < 1.29 is 0 Å². The van der Waals surface area contributed by atoms with Gasteiger partial charge in [-0.2, -0.15) is 0 Å². The zero-order chi connectivity index (χ0) is 13.5. The van der Waals surface area contributed by atoms with Gasteiger partial charge in [0.05, 0.1) is 0 Å². The predicted octanol–water partition coefficient (Wildman–Crippen LogP) is 3.37. The van der Waals surface area contributed by atoms with E-state index in [9.17, 15) is 0 Å². The summed E-state index contributed by atoms with van der Waals surface area (Å²) < 4.78 is 0. The van der Waals surface area contributed by atoms with Crippen LogP contribution in [0.5, 0.6) is 0 Å². The van der Waals surface area contributed by atoms with Crippen molar-refractivity contribution in [2.24, 2.45) is 0 Å². The Kier molecular flexibility index (Phi) is 5.76. The monoisotopic (exact) mass is 246 g/mol. The van der Waals surface area contributed by atoms with Crippen molar-refractivity contribution in [3.8, 4) is 0 Å². The fourth-order valence-electron chi connectivity index (χ4n) is 2.04. The van der Waals surface area contributed by atoms with Gasteiger partial charge in [-0.15, -0.1) is 0 Å². The lowest BCUT2D eigenvalue weighted by Gasteiger charge is -2.23. The third kappa shape index (κ3) is 4.10. The standard InChI is InChI=1S/C16H26N2/c1-6-14-8-9-15(7-2)16(12-14)18(5)11-10-17-13(3)4/h8-9,12,17H,3,6-7,10-11H2,1-2,4-5H3. The Balaban J connectivity index is 2.75. The van der Waals surface area contributed by atoms with E-state index in [0.29, 0.717) is 0 Å². The molecule has 1 aromatic rings. The molecule has 0 saturated heterocycles. The summed E-state index contributed by atoms with van der Waals surface area (Å²) in [5, 5.41) is 3.28. The Bertz CT molecular complexity index is 396. The van der Waals surface area contributed by atoms with Crippen molar-refractivity contribution in [3.63, 3.8) is 0 Å². The zero-order valence-electron chi connectivity index (χ0n) is 12.2. The molecule has 0 fully saturated rings. The number of hydrogen-bond donors (Lipinski definition) is 1. The van der Waals surface area contributed by atoms with Crippen molar-refractivity contribution in [2.75, 3.05) is 25.0 Å². The fourth-order valence-corrected chi connectivity index (χ4v) is 2.04. The average molecular weight is 246 g/mol. The minimum atomic E-state index is 0.936. The molecule has 18 heavy (non-hydrogen) atoms. The van der Waals surface area contributed by atoms with E-state index in [2.05, 4.69) is 55.9 Å². The minimum absolute atomic E-state index is 0.936. The van der Waals surface area contributed by atoms with Gasteiger partial charge in [-0.05, 0) is 37.0 Å². The van der Waals surface area contributed by atoms with E-state index < -0.39 is 0 Å². The molecule has 2 heteroatoms. The number of hydrogen-bond acceptors (Lipinski definition) is 2. The maximum Gasteiger partial charge on any atom is 0.0399 e. The summed E-state index contributed by atoms with van der Waals surface area (Å²) in [6.07, 6.45) is 2.17. The van der Waals surface area contributed by atoms with Crippen LogP contribution in [0.25, 0.3) is 0 Å². The van der Waals surface area contributed by atoms with Crippen LogP contribution < -0.4 is 10.2 Å². The molecular weight excluding hydrogens is 220 g/mol. The number of rotatable bonds is 7. The van der Waals surface area contributed by atoms with Gasteiger partial charge in [0.2, 0.25) is 0 Å². The Morgan fingerprint density at radius 1 is 1.28 bits per heavy atom. The normalized spacial score (nSPS) is 10.2. The third-order valence-corrected chi connectivity index (χ3v) is 3.22. The van der Waals surface area contributed by atoms with Gasteiger partial charge in [-0.25, -0.2) is 0 Å². The van der Waals surface area contributed by atoms with Crippen LogP contribution in [0.15, 0.2) is 30.5 Å². The van der Waals surface area contributed by atoms with Gasteiger partial charge in [-0.1, -0.05) is 32.6 Å². The average Bonchev–Trinajstić information content (AvgIpc) is 2.37. The van der Waals surface area contributed by atoms with E-state index >= 15 is 0 Å². The second-order valence-corrected chi connectivity index (χ2v) is 4.80. The number of likely N-dealkylation sites (N-methyl/N-ethyl adjacent to an activating group) is 1. The van der Waals surface area contributed by atoms with Crippen LogP contribution in [0.1, 0.15) is 31.9 Å². The van der Waals surface area contributed by atoms with Gasteiger partial charge in [0.1, 0.15) is 0 Å². The van der Waals surface area contributed by atoms with Gasteiger partial charge >= 0.3 is 0 Å². The first-order valence-electron chi connectivity index (χ1n) is 6.80. The van der Waals surface area contributed by atoms with Crippen molar-refractivity contribution in [3.05, 3.63) is 41.6 Å². The highest BCUT2D eigenvalue weighted by Gasteiger charge is 2.06. The number of nitrogens with one attached hydrogen (secondary N) is 1. The van der Waals surface area contributed by atoms with Crippen LogP contribution in [-0.4, -0.2) is 20.1 Å². The second-order valence-electron chi connectivity index (χ2n) is 4.80. The van der Waals surface area contributed by atoms with Gasteiger partial charge < -0.3 is 10.2 Å². The van der Waals surface area contributed by atoms with E-state index in [1.165, 1.54) is 16.8 Å². The maximum absolute atomic E-state index is 3.86. The Hall–Kier alpha value is -1.44. The molecule has 1 N–H and O–H groups in total. The van der Waals surface area contributed by atoms with Crippen molar-refractivity contribution in [1.82, 2.24) is 5.32 Å². The first kappa shape index (κ1) is 14.6. The Labute approximate surface area is 112 Å². The van der Waals surface area contributed by atoms with E-state index in [-0.39, 0.29) is 0 Å². The van der Waals surface area contributed by atoms with Gasteiger partial charge in [-0.3, -0.25) is 0 Å². The highest BCUT2D eigenvalue weighted by molar-refractivity contribution is 5.55. The molecule has 100 valence electrons. The van der Waals surface area contributed by atoms with E-state index in [4.69, 9.17) is 0 Å². The van der Waals surface area contributed by atoms with Gasteiger partial charge in [0, 0.05) is 31.5 Å². The van der Waals surface area contributed by atoms with Crippen molar-refractivity contribution in [2.45, 2.75) is 33.6 Å². The summed E-state index contributed by atoms with van der Waals surface area (Å²) in [7, 11) is 2.16. The number of aryl methyl sites for hydroxylation is 2. The molecule has 0 heterocycles. The highest BCUT2D eigenvalue weighted by Crippen LogP contribution is 2.22. The number of allylic oxidation sites excluding steroid dienone is 1. The molecule has 1 aromatic carbocycles. The molecule has 0 aliphatic carbocycles.